The van der Waals surface area contributed by atoms with Gasteiger partial charge in [0.2, 0.25) is 0 Å². The molecule has 1 heterocycles. The molecule has 2 atom stereocenters. The van der Waals surface area contributed by atoms with Gasteiger partial charge in [0.1, 0.15) is 5.75 Å². The molecule has 0 spiro atoms. The minimum absolute atomic E-state index is 0.0937. The first kappa shape index (κ1) is 14.8. The highest BCUT2D eigenvalue weighted by Crippen LogP contribution is 2.38. The third kappa shape index (κ3) is 3.39. The van der Waals surface area contributed by atoms with Crippen LogP contribution in [0.1, 0.15) is 38.3 Å². The van der Waals surface area contributed by atoms with Crippen molar-refractivity contribution in [3.63, 3.8) is 0 Å². The largest absolute Gasteiger partial charge is 0.491 e. The lowest BCUT2D eigenvalue weighted by atomic mass is 9.97. The average molecular weight is 290 g/mol. The van der Waals surface area contributed by atoms with E-state index in [1.807, 2.05) is 13.8 Å². The lowest BCUT2D eigenvalue weighted by Gasteiger charge is -2.41. The molecule has 1 aliphatic carbocycles. The normalized spacial score (nSPS) is 27.0. The second-order valence-electron chi connectivity index (χ2n) is 6.29. The average Bonchev–Trinajstić information content (AvgIpc) is 3.31. The van der Waals surface area contributed by atoms with Crippen LogP contribution in [0, 0.1) is 0 Å². The molecule has 2 N–H and O–H groups in total. The molecule has 1 saturated heterocycles. The van der Waals surface area contributed by atoms with Gasteiger partial charge in [0, 0.05) is 19.1 Å². The Balaban J connectivity index is 1.80. The van der Waals surface area contributed by atoms with Crippen molar-refractivity contribution in [2.45, 2.75) is 51.0 Å². The fraction of sp³-hybridized carbons (Fsp3) is 0.647. The van der Waals surface area contributed by atoms with Gasteiger partial charge in [-0.15, -0.1) is 0 Å². The van der Waals surface area contributed by atoms with E-state index in [0.717, 1.165) is 24.9 Å². The zero-order valence-electron chi connectivity index (χ0n) is 13.0. The second-order valence-corrected chi connectivity index (χ2v) is 6.29. The van der Waals surface area contributed by atoms with Gasteiger partial charge in [0.25, 0.3) is 0 Å². The first-order valence-corrected chi connectivity index (χ1v) is 8.03. The molecule has 4 heteroatoms. The number of morpholine rings is 1. The number of nitrogens with two attached hydrogens (primary N) is 1. The maximum absolute atomic E-state index is 5.93. The standard InChI is InChI=1S/C17H26N2O2/c1-12(2)21-15-7-3-13(4-8-15)17-16(11-18)20-10-9-19(17)14-5-6-14/h3-4,7-8,12,14,16-17H,5-6,9-11,18H2,1-2H3. The number of benzene rings is 1. The summed E-state index contributed by atoms with van der Waals surface area (Å²) in [5, 5.41) is 0. The molecule has 1 aromatic carbocycles. The molecule has 0 amide bonds. The van der Waals surface area contributed by atoms with Crippen molar-refractivity contribution in [3.8, 4) is 5.75 Å². The molecule has 4 nitrogen and oxygen atoms in total. The van der Waals surface area contributed by atoms with Crippen LogP contribution in [0.2, 0.25) is 0 Å². The van der Waals surface area contributed by atoms with Gasteiger partial charge >= 0.3 is 0 Å². The molecule has 1 aromatic rings. The number of rotatable bonds is 5. The molecule has 116 valence electrons. The molecular formula is C17H26N2O2. The van der Waals surface area contributed by atoms with Gasteiger partial charge in [0.05, 0.1) is 24.9 Å². The number of ether oxygens (including phenoxy) is 2. The minimum atomic E-state index is 0.0937. The summed E-state index contributed by atoms with van der Waals surface area (Å²) in [7, 11) is 0. The number of nitrogens with zero attached hydrogens (tertiary/aromatic N) is 1. The van der Waals surface area contributed by atoms with Crippen LogP contribution >= 0.6 is 0 Å². The second kappa shape index (κ2) is 6.34. The van der Waals surface area contributed by atoms with Crippen LogP contribution in [-0.2, 0) is 4.74 Å². The zero-order valence-corrected chi connectivity index (χ0v) is 13.0. The highest BCUT2D eigenvalue weighted by Gasteiger charge is 2.40. The molecule has 2 unspecified atom stereocenters. The van der Waals surface area contributed by atoms with Gasteiger partial charge < -0.3 is 15.2 Å². The van der Waals surface area contributed by atoms with E-state index in [1.165, 1.54) is 18.4 Å². The Morgan fingerprint density at radius 3 is 2.57 bits per heavy atom. The summed E-state index contributed by atoms with van der Waals surface area (Å²) in [5.41, 5.74) is 7.22. The van der Waals surface area contributed by atoms with Gasteiger partial charge in [-0.2, -0.15) is 0 Å². The van der Waals surface area contributed by atoms with Gasteiger partial charge in [-0.1, -0.05) is 12.1 Å². The SMILES string of the molecule is CC(C)Oc1ccc(C2C(CN)OCCN2C2CC2)cc1. The van der Waals surface area contributed by atoms with Gasteiger partial charge in [-0.25, -0.2) is 0 Å². The summed E-state index contributed by atoms with van der Waals surface area (Å²) in [6, 6.07) is 9.44. The molecule has 21 heavy (non-hydrogen) atoms. The molecule has 3 rings (SSSR count). The number of hydrogen-bond donors (Lipinski definition) is 1. The van der Waals surface area contributed by atoms with Crippen LogP contribution in [0.5, 0.6) is 5.75 Å². The van der Waals surface area contributed by atoms with Gasteiger partial charge in [-0.3, -0.25) is 4.90 Å². The maximum atomic E-state index is 5.93. The third-order valence-electron chi connectivity index (χ3n) is 4.23. The Labute approximate surface area is 127 Å². The molecule has 2 fully saturated rings. The maximum Gasteiger partial charge on any atom is 0.119 e. The van der Waals surface area contributed by atoms with Crippen molar-refractivity contribution < 1.29 is 9.47 Å². The Hall–Kier alpha value is -1.10. The molecule has 0 bridgehead atoms. The Morgan fingerprint density at radius 2 is 2.00 bits per heavy atom. The van der Waals surface area contributed by atoms with Crippen molar-refractivity contribution in [2.24, 2.45) is 5.73 Å². The van der Waals surface area contributed by atoms with Gasteiger partial charge in [-0.05, 0) is 44.4 Å². The van der Waals surface area contributed by atoms with E-state index in [4.69, 9.17) is 15.2 Å². The highest BCUT2D eigenvalue weighted by atomic mass is 16.5. The fourth-order valence-corrected chi connectivity index (χ4v) is 3.19. The van der Waals surface area contributed by atoms with Crippen LogP contribution < -0.4 is 10.5 Å². The zero-order chi connectivity index (χ0) is 14.8. The highest BCUT2D eigenvalue weighted by molar-refractivity contribution is 5.30. The Bertz CT molecular complexity index is 456. The molecule has 0 aromatic heterocycles. The fourth-order valence-electron chi connectivity index (χ4n) is 3.19. The van der Waals surface area contributed by atoms with Crippen LogP contribution in [-0.4, -0.2) is 42.8 Å². The summed E-state index contributed by atoms with van der Waals surface area (Å²) < 4.78 is 11.6. The van der Waals surface area contributed by atoms with E-state index in [1.54, 1.807) is 0 Å². The van der Waals surface area contributed by atoms with E-state index in [-0.39, 0.29) is 18.2 Å². The van der Waals surface area contributed by atoms with Gasteiger partial charge in [0.15, 0.2) is 0 Å². The summed E-state index contributed by atoms with van der Waals surface area (Å²) in [4.78, 5) is 2.58. The van der Waals surface area contributed by atoms with E-state index < -0.39 is 0 Å². The smallest absolute Gasteiger partial charge is 0.119 e. The van der Waals surface area contributed by atoms with E-state index in [2.05, 4.69) is 29.2 Å². The first-order chi connectivity index (χ1) is 10.2. The van der Waals surface area contributed by atoms with Crippen LogP contribution in [0.25, 0.3) is 0 Å². The molecule has 0 radical (unpaired) electrons. The first-order valence-electron chi connectivity index (χ1n) is 8.03. The van der Waals surface area contributed by atoms with Crippen molar-refractivity contribution in [1.29, 1.82) is 0 Å². The van der Waals surface area contributed by atoms with E-state index in [0.29, 0.717) is 6.54 Å². The topological polar surface area (TPSA) is 47.7 Å². The predicted molar refractivity (Wildman–Crippen MR) is 83.5 cm³/mol. The van der Waals surface area contributed by atoms with Crippen LogP contribution in [0.3, 0.4) is 0 Å². The summed E-state index contributed by atoms with van der Waals surface area (Å²) in [5.74, 6) is 0.924. The monoisotopic (exact) mass is 290 g/mol. The Morgan fingerprint density at radius 1 is 1.29 bits per heavy atom. The van der Waals surface area contributed by atoms with Crippen LogP contribution in [0.15, 0.2) is 24.3 Å². The minimum Gasteiger partial charge on any atom is -0.491 e. The quantitative estimate of drug-likeness (QED) is 0.904. The van der Waals surface area contributed by atoms with Crippen LogP contribution in [0.4, 0.5) is 0 Å². The number of hydrogen-bond acceptors (Lipinski definition) is 4. The lowest BCUT2D eigenvalue weighted by molar-refractivity contribution is -0.0712. The summed E-state index contributed by atoms with van der Waals surface area (Å²) in [6.45, 7) is 6.46. The van der Waals surface area contributed by atoms with Crippen molar-refractivity contribution in [1.82, 2.24) is 4.90 Å². The van der Waals surface area contributed by atoms with E-state index >= 15 is 0 Å². The molecule has 1 saturated carbocycles. The third-order valence-corrected chi connectivity index (χ3v) is 4.23. The van der Waals surface area contributed by atoms with Crippen molar-refractivity contribution >= 4 is 0 Å². The van der Waals surface area contributed by atoms with Crippen molar-refractivity contribution in [3.05, 3.63) is 29.8 Å². The lowest BCUT2D eigenvalue weighted by Crippen LogP contribution is -2.49. The predicted octanol–water partition coefficient (Wildman–Crippen LogP) is 2.34. The summed E-state index contributed by atoms with van der Waals surface area (Å²) in [6.07, 6.45) is 2.91. The Kier molecular flexibility index (Phi) is 4.48. The van der Waals surface area contributed by atoms with Crippen molar-refractivity contribution in [2.75, 3.05) is 19.7 Å². The molecule has 2 aliphatic rings. The summed E-state index contributed by atoms with van der Waals surface area (Å²) >= 11 is 0. The van der Waals surface area contributed by atoms with E-state index in [9.17, 15) is 0 Å². The molecular weight excluding hydrogens is 264 g/mol. The molecule has 1 aliphatic heterocycles.